The molecule has 0 bridgehead atoms. The number of pyridine rings is 1. The molecule has 1 aromatic carbocycles. The first kappa shape index (κ1) is 18.8. The van der Waals surface area contributed by atoms with E-state index in [1.54, 1.807) is 6.07 Å². The van der Waals surface area contributed by atoms with Gasteiger partial charge in [0.1, 0.15) is 6.04 Å². The number of halogens is 3. The molecule has 7 nitrogen and oxygen atoms in total. The minimum atomic E-state index is -0.899. The maximum absolute atomic E-state index is 12.5. The summed E-state index contributed by atoms with van der Waals surface area (Å²) in [5, 5.41) is 0.611. The van der Waals surface area contributed by atoms with E-state index in [2.05, 4.69) is 31.8 Å². The molecule has 1 aliphatic rings. The van der Waals surface area contributed by atoms with Crippen molar-refractivity contribution >= 4 is 62.5 Å². The molecule has 1 aliphatic heterocycles. The van der Waals surface area contributed by atoms with Crippen LogP contribution in [0.25, 0.3) is 0 Å². The second kappa shape index (κ2) is 7.71. The van der Waals surface area contributed by atoms with Crippen LogP contribution in [0, 0.1) is 0 Å². The van der Waals surface area contributed by atoms with Crippen molar-refractivity contribution in [3.63, 3.8) is 0 Å². The number of carbonyl (C=O) groups is 3. The van der Waals surface area contributed by atoms with Gasteiger partial charge in [0.05, 0.1) is 17.7 Å². The third-order valence-corrected chi connectivity index (χ3v) is 4.45. The Hall–Kier alpha value is -2.00. The molecule has 0 spiro atoms. The van der Waals surface area contributed by atoms with Crippen LogP contribution < -0.4 is 15.8 Å². The average molecular weight is 458 g/mol. The summed E-state index contributed by atoms with van der Waals surface area (Å²) in [7, 11) is 0. The summed E-state index contributed by atoms with van der Waals surface area (Å²) in [6.07, 6.45) is 2.81. The highest BCUT2D eigenvalue weighted by Gasteiger charge is 2.40. The Bertz CT molecular complexity index is 889. The lowest BCUT2D eigenvalue weighted by Crippen LogP contribution is -2.48. The van der Waals surface area contributed by atoms with Crippen LogP contribution in [0.4, 0.5) is 5.69 Å². The number of rotatable bonds is 4. The molecule has 1 fully saturated rings. The number of nitrogens with zero attached hydrogens (tertiary/aromatic N) is 2. The van der Waals surface area contributed by atoms with Crippen LogP contribution in [-0.2, 0) is 9.59 Å². The molecule has 2 aromatic rings. The Morgan fingerprint density at radius 3 is 2.50 bits per heavy atom. The van der Waals surface area contributed by atoms with Crippen molar-refractivity contribution in [2.75, 3.05) is 4.90 Å². The second-order valence-corrected chi connectivity index (χ2v) is 7.23. The molecule has 26 heavy (non-hydrogen) atoms. The number of hydrogen-bond donors (Lipinski definition) is 2. The predicted molar refractivity (Wildman–Crippen MR) is 99.9 cm³/mol. The van der Waals surface area contributed by atoms with Crippen molar-refractivity contribution < 1.29 is 14.4 Å². The van der Waals surface area contributed by atoms with Gasteiger partial charge in [0.15, 0.2) is 0 Å². The van der Waals surface area contributed by atoms with Gasteiger partial charge in [0.2, 0.25) is 5.91 Å². The zero-order valence-corrected chi connectivity index (χ0v) is 16.1. The first-order valence-corrected chi connectivity index (χ1v) is 8.89. The SMILES string of the molecule is O=C(NN[C@H]1CC(=O)N(c2cc(Cl)cc(Cl)c2)C1=O)c1cncc(Br)c1. The third kappa shape index (κ3) is 4.04. The molecule has 0 saturated carbocycles. The Kier molecular flexibility index (Phi) is 5.57. The fraction of sp³-hybridized carbons (Fsp3) is 0.125. The number of imide groups is 1. The molecule has 0 unspecified atom stereocenters. The van der Waals surface area contributed by atoms with Gasteiger partial charge in [-0.3, -0.25) is 24.8 Å². The van der Waals surface area contributed by atoms with Gasteiger partial charge in [-0.2, -0.15) is 0 Å². The number of benzene rings is 1. The van der Waals surface area contributed by atoms with Crippen LogP contribution >= 0.6 is 39.1 Å². The van der Waals surface area contributed by atoms with Gasteiger partial charge in [-0.15, -0.1) is 0 Å². The van der Waals surface area contributed by atoms with Gasteiger partial charge >= 0.3 is 0 Å². The van der Waals surface area contributed by atoms with E-state index >= 15 is 0 Å². The minimum Gasteiger partial charge on any atom is -0.287 e. The van der Waals surface area contributed by atoms with E-state index < -0.39 is 23.8 Å². The lowest BCUT2D eigenvalue weighted by molar-refractivity contribution is -0.121. The molecular formula is C16H11BrCl2N4O3. The quantitative estimate of drug-likeness (QED) is 0.544. The highest BCUT2D eigenvalue weighted by molar-refractivity contribution is 9.10. The number of anilines is 1. The van der Waals surface area contributed by atoms with Crippen molar-refractivity contribution in [2.24, 2.45) is 0 Å². The molecule has 10 heteroatoms. The first-order chi connectivity index (χ1) is 12.3. The predicted octanol–water partition coefficient (Wildman–Crippen LogP) is 2.72. The zero-order valence-electron chi connectivity index (χ0n) is 13.0. The van der Waals surface area contributed by atoms with E-state index in [0.29, 0.717) is 20.1 Å². The summed E-state index contributed by atoms with van der Waals surface area (Å²) in [5.41, 5.74) is 5.58. The van der Waals surface area contributed by atoms with Crippen LogP contribution in [0.3, 0.4) is 0 Å². The van der Waals surface area contributed by atoms with Gasteiger partial charge in [-0.25, -0.2) is 10.3 Å². The largest absolute Gasteiger partial charge is 0.287 e. The van der Waals surface area contributed by atoms with Gasteiger partial charge in [0, 0.05) is 26.9 Å². The maximum atomic E-state index is 12.5. The minimum absolute atomic E-state index is 0.111. The summed E-state index contributed by atoms with van der Waals surface area (Å²) in [5.74, 6) is -1.42. The summed E-state index contributed by atoms with van der Waals surface area (Å²) in [6.45, 7) is 0. The van der Waals surface area contributed by atoms with Crippen LogP contribution in [0.15, 0.2) is 41.1 Å². The zero-order chi connectivity index (χ0) is 18.8. The summed E-state index contributed by atoms with van der Waals surface area (Å²) >= 11 is 15.1. The Morgan fingerprint density at radius 1 is 1.15 bits per heavy atom. The molecular weight excluding hydrogens is 447 g/mol. The van der Waals surface area contributed by atoms with Crippen molar-refractivity contribution in [2.45, 2.75) is 12.5 Å². The number of hydrazine groups is 1. The van der Waals surface area contributed by atoms with Crippen LogP contribution in [-0.4, -0.2) is 28.7 Å². The van der Waals surface area contributed by atoms with Crippen LogP contribution in [0.2, 0.25) is 10.0 Å². The number of carbonyl (C=O) groups excluding carboxylic acids is 3. The van der Waals surface area contributed by atoms with E-state index in [0.717, 1.165) is 4.90 Å². The number of amides is 3. The molecule has 2 N–H and O–H groups in total. The molecule has 134 valence electrons. The van der Waals surface area contributed by atoms with Gasteiger partial charge in [-0.1, -0.05) is 23.2 Å². The summed E-state index contributed by atoms with van der Waals surface area (Å²) in [6, 6.07) is 5.12. The summed E-state index contributed by atoms with van der Waals surface area (Å²) < 4.78 is 0.640. The molecule has 0 aliphatic carbocycles. The van der Waals surface area contributed by atoms with Gasteiger partial charge < -0.3 is 0 Å². The fourth-order valence-electron chi connectivity index (χ4n) is 2.45. The lowest BCUT2D eigenvalue weighted by atomic mass is 10.2. The molecule has 0 radical (unpaired) electrons. The fourth-order valence-corrected chi connectivity index (χ4v) is 3.32. The Balaban J connectivity index is 1.70. The highest BCUT2D eigenvalue weighted by Crippen LogP contribution is 2.29. The number of nitrogens with one attached hydrogen (secondary N) is 2. The highest BCUT2D eigenvalue weighted by atomic mass is 79.9. The number of aromatic nitrogens is 1. The van der Waals surface area contributed by atoms with E-state index in [1.165, 1.54) is 30.6 Å². The Morgan fingerprint density at radius 2 is 1.85 bits per heavy atom. The van der Waals surface area contributed by atoms with E-state index in [1.807, 2.05) is 0 Å². The van der Waals surface area contributed by atoms with E-state index in [4.69, 9.17) is 23.2 Å². The lowest BCUT2D eigenvalue weighted by Gasteiger charge is -2.16. The molecule has 2 heterocycles. The van der Waals surface area contributed by atoms with Crippen molar-refractivity contribution in [3.05, 3.63) is 56.7 Å². The molecule has 1 saturated heterocycles. The smallest absolute Gasteiger partial charge is 0.266 e. The van der Waals surface area contributed by atoms with Gasteiger partial charge in [-0.05, 0) is 40.2 Å². The van der Waals surface area contributed by atoms with Gasteiger partial charge in [0.25, 0.3) is 11.8 Å². The van der Waals surface area contributed by atoms with Crippen molar-refractivity contribution in [1.29, 1.82) is 0 Å². The van der Waals surface area contributed by atoms with Crippen molar-refractivity contribution in [3.8, 4) is 0 Å². The average Bonchev–Trinajstić information content (AvgIpc) is 2.85. The first-order valence-electron chi connectivity index (χ1n) is 7.34. The van der Waals surface area contributed by atoms with E-state index in [9.17, 15) is 14.4 Å². The topological polar surface area (TPSA) is 91.4 Å². The van der Waals surface area contributed by atoms with Crippen molar-refractivity contribution in [1.82, 2.24) is 15.8 Å². The molecule has 1 aromatic heterocycles. The maximum Gasteiger partial charge on any atom is 0.266 e. The monoisotopic (exact) mass is 456 g/mol. The van der Waals surface area contributed by atoms with Crippen LogP contribution in [0.5, 0.6) is 0 Å². The Labute approximate surface area is 166 Å². The van der Waals surface area contributed by atoms with E-state index in [-0.39, 0.29) is 12.1 Å². The molecule has 1 atom stereocenters. The third-order valence-electron chi connectivity index (χ3n) is 3.58. The van der Waals surface area contributed by atoms with Crippen LogP contribution in [0.1, 0.15) is 16.8 Å². The summed E-state index contributed by atoms with van der Waals surface area (Å²) in [4.78, 5) is 41.7. The molecule has 3 amide bonds. The number of hydrogen-bond acceptors (Lipinski definition) is 5. The molecule has 3 rings (SSSR count). The second-order valence-electron chi connectivity index (χ2n) is 5.44. The standard InChI is InChI=1S/C16H11BrCl2N4O3/c17-9-1-8(6-20-7-9)15(25)22-21-13-5-14(24)23(16(13)26)12-3-10(18)2-11(19)4-12/h1-4,6-7,13,21H,5H2,(H,22,25)/t13-/m0/s1. The normalized spacial score (nSPS) is 16.9.